The molecule has 0 aromatic heterocycles. The lowest BCUT2D eigenvalue weighted by Crippen LogP contribution is -2.35. The Bertz CT molecular complexity index is 674. The summed E-state index contributed by atoms with van der Waals surface area (Å²) >= 11 is 0. The van der Waals surface area contributed by atoms with Gasteiger partial charge in [0.25, 0.3) is 0 Å². The number of hydrogen-bond donors (Lipinski definition) is 1. The molecule has 0 saturated carbocycles. The summed E-state index contributed by atoms with van der Waals surface area (Å²) in [6.45, 7) is 5.26. The van der Waals surface area contributed by atoms with Crippen LogP contribution in [-0.4, -0.2) is 31.2 Å². The fourth-order valence-corrected chi connectivity index (χ4v) is 2.58. The van der Waals surface area contributed by atoms with Crippen LogP contribution in [0.25, 0.3) is 0 Å². The van der Waals surface area contributed by atoms with Gasteiger partial charge in [0, 0.05) is 37.3 Å². The summed E-state index contributed by atoms with van der Waals surface area (Å²) in [5.41, 5.74) is 10.1. The molecular weight excluding hydrogens is 284 g/mol. The summed E-state index contributed by atoms with van der Waals surface area (Å²) in [6.07, 6.45) is 0. The van der Waals surface area contributed by atoms with Crippen LogP contribution in [0.2, 0.25) is 0 Å². The maximum absolute atomic E-state index is 5.60. The Morgan fingerprint density at radius 1 is 0.826 bits per heavy atom. The minimum Gasteiger partial charge on any atom is -0.379 e. The number of rotatable bonds is 3. The number of ether oxygens (including phenoxy) is 1. The molecule has 0 amide bonds. The Balaban J connectivity index is 1.61. The van der Waals surface area contributed by atoms with E-state index >= 15 is 0 Å². The largest absolute Gasteiger partial charge is 0.379 e. The van der Waals surface area contributed by atoms with E-state index in [4.69, 9.17) is 10.5 Å². The zero-order chi connectivity index (χ0) is 15.9. The predicted molar refractivity (Wildman–Crippen MR) is 92.9 cm³/mol. The highest BCUT2D eigenvalue weighted by molar-refractivity contribution is 5.44. The molecule has 23 heavy (non-hydrogen) atoms. The second-order valence-corrected chi connectivity index (χ2v) is 5.74. The molecule has 0 spiro atoms. The average molecular weight is 306 g/mol. The van der Waals surface area contributed by atoms with E-state index in [1.807, 2.05) is 24.3 Å². The van der Waals surface area contributed by atoms with Gasteiger partial charge in [0.2, 0.25) is 0 Å². The molecular formula is C20H22N2O. The molecule has 1 aliphatic rings. The van der Waals surface area contributed by atoms with E-state index in [9.17, 15) is 0 Å². The number of morpholine rings is 1. The molecule has 3 rings (SSSR count). The van der Waals surface area contributed by atoms with Crippen molar-refractivity contribution in [3.63, 3.8) is 0 Å². The van der Waals surface area contributed by atoms with Crippen molar-refractivity contribution in [2.45, 2.75) is 13.1 Å². The summed E-state index contributed by atoms with van der Waals surface area (Å²) in [5, 5.41) is 0. The van der Waals surface area contributed by atoms with Crippen LogP contribution in [0.15, 0.2) is 48.5 Å². The molecule has 0 bridgehead atoms. The Morgan fingerprint density at radius 2 is 1.35 bits per heavy atom. The fraction of sp³-hybridized carbons (Fsp3) is 0.300. The zero-order valence-corrected chi connectivity index (χ0v) is 13.3. The second kappa shape index (κ2) is 7.94. The minimum absolute atomic E-state index is 0.568. The van der Waals surface area contributed by atoms with Gasteiger partial charge < -0.3 is 10.5 Å². The molecule has 3 heteroatoms. The first-order chi connectivity index (χ1) is 11.3. The van der Waals surface area contributed by atoms with E-state index in [-0.39, 0.29) is 0 Å². The maximum atomic E-state index is 5.60. The molecule has 1 saturated heterocycles. The molecule has 0 aliphatic carbocycles. The Morgan fingerprint density at radius 3 is 1.87 bits per heavy atom. The highest BCUT2D eigenvalue weighted by Crippen LogP contribution is 2.09. The second-order valence-electron chi connectivity index (χ2n) is 5.74. The lowest BCUT2D eigenvalue weighted by atomic mass is 10.1. The molecule has 1 heterocycles. The Kier molecular flexibility index (Phi) is 5.44. The van der Waals surface area contributed by atoms with Crippen LogP contribution in [0.3, 0.4) is 0 Å². The maximum Gasteiger partial charge on any atom is 0.0594 e. The number of nitrogens with zero attached hydrogens (tertiary/aromatic N) is 1. The average Bonchev–Trinajstić information content (AvgIpc) is 2.62. The van der Waals surface area contributed by atoms with E-state index < -0.39 is 0 Å². The van der Waals surface area contributed by atoms with Crippen LogP contribution in [-0.2, 0) is 17.8 Å². The quantitative estimate of drug-likeness (QED) is 0.885. The molecule has 0 atom stereocenters. The van der Waals surface area contributed by atoms with Crippen molar-refractivity contribution < 1.29 is 4.74 Å². The molecule has 0 unspecified atom stereocenters. The summed E-state index contributed by atoms with van der Waals surface area (Å²) in [6, 6.07) is 16.6. The molecule has 2 aromatic rings. The van der Waals surface area contributed by atoms with Gasteiger partial charge in [-0.05, 0) is 35.4 Å². The van der Waals surface area contributed by atoms with Gasteiger partial charge in [0.05, 0.1) is 13.2 Å². The third-order valence-electron chi connectivity index (χ3n) is 4.00. The van der Waals surface area contributed by atoms with Crippen LogP contribution in [0.5, 0.6) is 0 Å². The van der Waals surface area contributed by atoms with Gasteiger partial charge in [-0.1, -0.05) is 36.1 Å². The van der Waals surface area contributed by atoms with Crippen LogP contribution in [0.4, 0.5) is 0 Å². The highest BCUT2D eigenvalue weighted by atomic mass is 16.5. The van der Waals surface area contributed by atoms with Gasteiger partial charge in [-0.15, -0.1) is 0 Å². The summed E-state index contributed by atoms with van der Waals surface area (Å²) in [4.78, 5) is 2.42. The molecule has 0 radical (unpaired) electrons. The van der Waals surface area contributed by atoms with E-state index in [0.717, 1.165) is 49.5 Å². The van der Waals surface area contributed by atoms with Crippen molar-refractivity contribution in [3.8, 4) is 11.8 Å². The van der Waals surface area contributed by atoms with Crippen LogP contribution in [0.1, 0.15) is 22.3 Å². The van der Waals surface area contributed by atoms with E-state index in [2.05, 4.69) is 41.0 Å². The molecule has 2 aromatic carbocycles. The Hall–Kier alpha value is -2.12. The standard InChI is InChI=1S/C20H22N2O/c21-15-19-7-3-17(4-8-19)1-2-18-5-9-20(10-6-18)16-22-11-13-23-14-12-22/h3-10H,11-16,21H2. The van der Waals surface area contributed by atoms with E-state index in [1.54, 1.807) is 0 Å². The van der Waals surface area contributed by atoms with Gasteiger partial charge in [-0.3, -0.25) is 4.90 Å². The molecule has 118 valence electrons. The first-order valence-electron chi connectivity index (χ1n) is 8.03. The molecule has 3 nitrogen and oxygen atoms in total. The van der Waals surface area contributed by atoms with Gasteiger partial charge in [0.15, 0.2) is 0 Å². The van der Waals surface area contributed by atoms with Gasteiger partial charge in [0.1, 0.15) is 0 Å². The summed E-state index contributed by atoms with van der Waals surface area (Å²) < 4.78 is 5.38. The van der Waals surface area contributed by atoms with Gasteiger partial charge >= 0.3 is 0 Å². The zero-order valence-electron chi connectivity index (χ0n) is 13.3. The van der Waals surface area contributed by atoms with Gasteiger partial charge in [-0.25, -0.2) is 0 Å². The van der Waals surface area contributed by atoms with Crippen molar-refractivity contribution in [3.05, 3.63) is 70.8 Å². The molecule has 1 aliphatic heterocycles. The lowest BCUT2D eigenvalue weighted by Gasteiger charge is -2.26. The van der Waals surface area contributed by atoms with Gasteiger partial charge in [-0.2, -0.15) is 0 Å². The van der Waals surface area contributed by atoms with Crippen molar-refractivity contribution >= 4 is 0 Å². The normalized spacial score (nSPS) is 15.0. The first-order valence-corrected chi connectivity index (χ1v) is 8.03. The minimum atomic E-state index is 0.568. The van der Waals surface area contributed by atoms with Crippen LogP contribution >= 0.6 is 0 Å². The summed E-state index contributed by atoms with van der Waals surface area (Å²) in [7, 11) is 0. The third-order valence-corrected chi connectivity index (χ3v) is 4.00. The van der Waals surface area contributed by atoms with Crippen molar-refractivity contribution in [2.75, 3.05) is 26.3 Å². The molecule has 2 N–H and O–H groups in total. The lowest BCUT2D eigenvalue weighted by molar-refractivity contribution is 0.0342. The third kappa shape index (κ3) is 4.67. The topological polar surface area (TPSA) is 38.5 Å². The van der Waals surface area contributed by atoms with Crippen molar-refractivity contribution in [1.29, 1.82) is 0 Å². The number of hydrogen-bond acceptors (Lipinski definition) is 3. The predicted octanol–water partition coefficient (Wildman–Crippen LogP) is 2.38. The monoisotopic (exact) mass is 306 g/mol. The summed E-state index contributed by atoms with van der Waals surface area (Å²) in [5.74, 6) is 6.41. The van der Waals surface area contributed by atoms with Crippen LogP contribution < -0.4 is 5.73 Å². The van der Waals surface area contributed by atoms with Crippen LogP contribution in [0, 0.1) is 11.8 Å². The van der Waals surface area contributed by atoms with Crippen molar-refractivity contribution in [1.82, 2.24) is 4.90 Å². The first kappa shape index (κ1) is 15.8. The van der Waals surface area contributed by atoms with E-state index in [1.165, 1.54) is 5.56 Å². The number of nitrogens with two attached hydrogens (primary N) is 1. The van der Waals surface area contributed by atoms with Crippen molar-refractivity contribution in [2.24, 2.45) is 5.73 Å². The Labute approximate surface area is 138 Å². The smallest absolute Gasteiger partial charge is 0.0594 e. The van der Waals surface area contributed by atoms with E-state index in [0.29, 0.717) is 6.54 Å². The SMILES string of the molecule is NCc1ccc(C#Cc2ccc(CN3CCOCC3)cc2)cc1. The molecule has 1 fully saturated rings. The highest BCUT2D eigenvalue weighted by Gasteiger charge is 2.10. The fourth-order valence-electron chi connectivity index (χ4n) is 2.58. The number of benzene rings is 2.